The van der Waals surface area contributed by atoms with E-state index in [1.807, 2.05) is 0 Å². The fraction of sp³-hybridized carbons (Fsp3) is 0.222. The summed E-state index contributed by atoms with van der Waals surface area (Å²) in [4.78, 5) is 14.8. The highest BCUT2D eigenvalue weighted by Gasteiger charge is 2.24. The molecule has 4 nitrogen and oxygen atoms in total. The topological polar surface area (TPSA) is 63.0 Å². The first kappa shape index (κ1) is 12.5. The number of alkyl halides is 2. The van der Waals surface area contributed by atoms with Crippen molar-refractivity contribution in [2.75, 3.05) is 7.11 Å². The van der Waals surface area contributed by atoms with Gasteiger partial charge >= 0.3 is 5.97 Å². The number of hydrogen-bond donors (Lipinski definition) is 0. The first-order chi connectivity index (χ1) is 7.52. The monoisotopic (exact) mass is 290 g/mol. The fourth-order valence-electron chi connectivity index (χ4n) is 1.04. The van der Waals surface area contributed by atoms with E-state index in [-0.39, 0.29) is 15.7 Å². The average Bonchev–Trinajstić information content (AvgIpc) is 2.26. The second kappa shape index (κ2) is 4.99. The van der Waals surface area contributed by atoms with E-state index in [2.05, 4.69) is 25.7 Å². The minimum atomic E-state index is -2.88. The van der Waals surface area contributed by atoms with Gasteiger partial charge in [-0.05, 0) is 15.9 Å². The molecule has 0 aliphatic carbocycles. The summed E-state index contributed by atoms with van der Waals surface area (Å²) in [6, 6.07) is 1.58. The van der Waals surface area contributed by atoms with Gasteiger partial charge in [-0.25, -0.2) is 18.6 Å². The average molecular weight is 291 g/mol. The zero-order valence-electron chi connectivity index (χ0n) is 8.00. The highest BCUT2D eigenvalue weighted by molar-refractivity contribution is 9.10. The molecule has 0 N–H and O–H groups in total. The Labute approximate surface area is 98.0 Å². The summed E-state index contributed by atoms with van der Waals surface area (Å²) in [7, 11) is 1.11. The molecule has 1 aromatic rings. The summed E-state index contributed by atoms with van der Waals surface area (Å²) in [5, 5.41) is 8.62. The van der Waals surface area contributed by atoms with Crippen LogP contribution in [0.3, 0.4) is 0 Å². The van der Waals surface area contributed by atoms with E-state index in [0.29, 0.717) is 0 Å². The standard InChI is InChI=1S/C9H5BrF2N2O2/c1-16-9(15)7-6(10)5(8(11)12)4(2-13)3-14-7/h3,8H,1H3. The van der Waals surface area contributed by atoms with Gasteiger partial charge < -0.3 is 4.74 Å². The zero-order chi connectivity index (χ0) is 12.3. The van der Waals surface area contributed by atoms with Crippen molar-refractivity contribution in [2.45, 2.75) is 6.43 Å². The summed E-state index contributed by atoms with van der Waals surface area (Å²) >= 11 is 2.82. The van der Waals surface area contributed by atoms with Crippen molar-refractivity contribution in [2.24, 2.45) is 0 Å². The third-order valence-corrected chi connectivity index (χ3v) is 2.58. The molecule has 0 unspecified atom stereocenters. The molecule has 7 heteroatoms. The Balaban J connectivity index is 3.45. The van der Waals surface area contributed by atoms with Crippen molar-refractivity contribution in [1.29, 1.82) is 5.26 Å². The third-order valence-electron chi connectivity index (χ3n) is 1.77. The normalized spacial score (nSPS) is 10.0. The second-order valence-corrected chi connectivity index (χ2v) is 3.45. The highest BCUT2D eigenvalue weighted by Crippen LogP contribution is 2.32. The van der Waals surface area contributed by atoms with Crippen LogP contribution < -0.4 is 0 Å². The molecule has 16 heavy (non-hydrogen) atoms. The van der Waals surface area contributed by atoms with Gasteiger partial charge in [0.25, 0.3) is 6.43 Å². The maximum absolute atomic E-state index is 12.7. The molecule has 0 aliphatic rings. The Hall–Kier alpha value is -1.55. The number of nitriles is 1. The molecule has 0 radical (unpaired) electrons. The van der Waals surface area contributed by atoms with E-state index >= 15 is 0 Å². The lowest BCUT2D eigenvalue weighted by atomic mass is 10.1. The first-order valence-corrected chi connectivity index (χ1v) is 4.77. The number of pyridine rings is 1. The van der Waals surface area contributed by atoms with E-state index in [1.165, 1.54) is 0 Å². The van der Waals surface area contributed by atoms with Gasteiger partial charge in [0, 0.05) is 6.20 Å². The van der Waals surface area contributed by atoms with Crippen LogP contribution in [0.1, 0.15) is 28.0 Å². The van der Waals surface area contributed by atoms with Gasteiger partial charge in [0.2, 0.25) is 0 Å². The molecule has 0 saturated carbocycles. The summed E-state index contributed by atoms with van der Waals surface area (Å²) in [6.45, 7) is 0. The molecule has 1 aromatic heterocycles. The first-order valence-electron chi connectivity index (χ1n) is 3.97. The summed E-state index contributed by atoms with van der Waals surface area (Å²) in [5.74, 6) is -0.849. The van der Waals surface area contributed by atoms with Crippen molar-refractivity contribution in [3.05, 3.63) is 27.5 Å². The molecule has 0 atom stereocenters. The molecule has 0 bridgehead atoms. The summed E-state index contributed by atoms with van der Waals surface area (Å²) in [6.07, 6.45) is -1.96. The van der Waals surface area contributed by atoms with E-state index in [0.717, 1.165) is 13.3 Å². The molecule has 0 aromatic carbocycles. The number of methoxy groups -OCH3 is 1. The van der Waals surface area contributed by atoms with Crippen LogP contribution in [0.25, 0.3) is 0 Å². The number of carbonyl (C=O) groups excluding carboxylic acids is 1. The third kappa shape index (κ3) is 2.17. The van der Waals surface area contributed by atoms with Crippen LogP contribution in [-0.4, -0.2) is 18.1 Å². The van der Waals surface area contributed by atoms with Gasteiger partial charge in [-0.15, -0.1) is 0 Å². The number of halogens is 3. The maximum Gasteiger partial charge on any atom is 0.357 e. The maximum atomic E-state index is 12.7. The summed E-state index contributed by atoms with van der Waals surface area (Å²) in [5.41, 5.74) is -1.12. The second-order valence-electron chi connectivity index (χ2n) is 2.65. The van der Waals surface area contributed by atoms with Gasteiger partial charge in [0.05, 0.1) is 22.7 Å². The molecule has 84 valence electrons. The Bertz CT molecular complexity index is 471. The SMILES string of the molecule is COC(=O)c1ncc(C#N)c(C(F)F)c1Br. The van der Waals surface area contributed by atoms with Gasteiger partial charge in [-0.2, -0.15) is 5.26 Å². The van der Waals surface area contributed by atoms with E-state index < -0.39 is 18.0 Å². The van der Waals surface area contributed by atoms with Crippen molar-refractivity contribution < 1.29 is 18.3 Å². The van der Waals surface area contributed by atoms with Crippen molar-refractivity contribution in [3.8, 4) is 6.07 Å². The molecule has 1 heterocycles. The Morgan fingerprint density at radius 1 is 1.69 bits per heavy atom. The Morgan fingerprint density at radius 2 is 2.31 bits per heavy atom. The quantitative estimate of drug-likeness (QED) is 0.785. The van der Waals surface area contributed by atoms with Crippen LogP contribution >= 0.6 is 15.9 Å². The number of rotatable bonds is 2. The zero-order valence-corrected chi connectivity index (χ0v) is 9.59. The molecule has 0 aliphatic heterocycles. The number of ether oxygens (including phenoxy) is 1. The lowest BCUT2D eigenvalue weighted by Gasteiger charge is -2.08. The predicted octanol–water partition coefficient (Wildman–Crippen LogP) is 2.44. The number of nitrogens with zero attached hydrogens (tertiary/aromatic N) is 2. The smallest absolute Gasteiger partial charge is 0.357 e. The van der Waals surface area contributed by atoms with Crippen LogP contribution in [0.5, 0.6) is 0 Å². The van der Waals surface area contributed by atoms with Gasteiger partial charge in [-0.3, -0.25) is 0 Å². The van der Waals surface area contributed by atoms with Crippen molar-refractivity contribution in [1.82, 2.24) is 4.98 Å². The molecule has 0 spiro atoms. The van der Waals surface area contributed by atoms with Crippen LogP contribution in [0.15, 0.2) is 10.7 Å². The van der Waals surface area contributed by atoms with Gasteiger partial charge in [0.1, 0.15) is 6.07 Å². The van der Waals surface area contributed by atoms with E-state index in [9.17, 15) is 13.6 Å². The lowest BCUT2D eigenvalue weighted by molar-refractivity contribution is 0.0592. The number of hydrogen-bond acceptors (Lipinski definition) is 4. The summed E-state index contributed by atoms with van der Waals surface area (Å²) < 4.78 is 29.5. The van der Waals surface area contributed by atoms with Crippen molar-refractivity contribution >= 4 is 21.9 Å². The molecule has 0 amide bonds. The van der Waals surface area contributed by atoms with E-state index in [4.69, 9.17) is 5.26 Å². The highest BCUT2D eigenvalue weighted by atomic mass is 79.9. The minimum absolute atomic E-state index is 0.214. The van der Waals surface area contributed by atoms with Gasteiger partial charge in [-0.1, -0.05) is 0 Å². The molecule has 0 fully saturated rings. The fourth-order valence-corrected chi connectivity index (χ4v) is 1.69. The molecule has 1 rings (SSSR count). The Kier molecular flexibility index (Phi) is 3.90. The van der Waals surface area contributed by atoms with E-state index in [1.54, 1.807) is 6.07 Å². The van der Waals surface area contributed by atoms with Crippen molar-refractivity contribution in [3.63, 3.8) is 0 Å². The number of esters is 1. The molecular formula is C9H5BrF2N2O2. The Morgan fingerprint density at radius 3 is 2.75 bits per heavy atom. The minimum Gasteiger partial charge on any atom is -0.464 e. The largest absolute Gasteiger partial charge is 0.464 e. The molecular weight excluding hydrogens is 286 g/mol. The van der Waals surface area contributed by atoms with Crippen LogP contribution in [0.4, 0.5) is 8.78 Å². The van der Waals surface area contributed by atoms with Crippen LogP contribution in [-0.2, 0) is 4.74 Å². The number of aromatic nitrogens is 1. The molecule has 0 saturated heterocycles. The van der Waals surface area contributed by atoms with Gasteiger partial charge in [0.15, 0.2) is 5.69 Å². The lowest BCUT2D eigenvalue weighted by Crippen LogP contribution is -2.08. The number of carbonyl (C=O) groups is 1. The van der Waals surface area contributed by atoms with Crippen LogP contribution in [0, 0.1) is 11.3 Å². The predicted molar refractivity (Wildman–Crippen MR) is 52.9 cm³/mol. The van der Waals surface area contributed by atoms with Crippen LogP contribution in [0.2, 0.25) is 0 Å².